The summed E-state index contributed by atoms with van der Waals surface area (Å²) >= 11 is 0. The summed E-state index contributed by atoms with van der Waals surface area (Å²) in [5.74, 6) is 0.277. The van der Waals surface area contributed by atoms with Crippen molar-refractivity contribution in [2.24, 2.45) is 0 Å². The van der Waals surface area contributed by atoms with Gasteiger partial charge in [-0.15, -0.1) is 0 Å². The molecule has 0 radical (unpaired) electrons. The average molecular weight is 560 g/mol. The Kier molecular flexibility index (Phi) is 9.04. The first-order valence-corrected chi connectivity index (χ1v) is 12.6. The van der Waals surface area contributed by atoms with Crippen LogP contribution in [-0.4, -0.2) is 61.5 Å². The van der Waals surface area contributed by atoms with E-state index >= 15 is 0 Å². The lowest BCUT2D eigenvalue weighted by molar-refractivity contribution is -0.137. The predicted molar refractivity (Wildman–Crippen MR) is 142 cm³/mol. The molecule has 13 heteroatoms. The Labute approximate surface area is 228 Å². The number of ether oxygens (including phenoxy) is 3. The lowest BCUT2D eigenvalue weighted by atomic mass is 10.1. The van der Waals surface area contributed by atoms with E-state index in [1.165, 1.54) is 12.1 Å². The third-order valence-electron chi connectivity index (χ3n) is 5.76. The lowest BCUT2D eigenvalue weighted by Gasteiger charge is -2.29. The third-order valence-corrected chi connectivity index (χ3v) is 5.76. The number of benzene rings is 2. The van der Waals surface area contributed by atoms with Crippen LogP contribution in [0.15, 0.2) is 48.5 Å². The molecule has 1 saturated heterocycles. The molecule has 0 aliphatic carbocycles. The van der Waals surface area contributed by atoms with Gasteiger partial charge in [0.2, 0.25) is 0 Å². The van der Waals surface area contributed by atoms with Crippen LogP contribution in [0.5, 0.6) is 5.75 Å². The van der Waals surface area contributed by atoms with Gasteiger partial charge in [0.15, 0.2) is 23.1 Å². The fourth-order valence-corrected chi connectivity index (χ4v) is 3.94. The molecule has 2 heterocycles. The van der Waals surface area contributed by atoms with Gasteiger partial charge in [-0.3, -0.25) is 0 Å². The molecule has 2 amide bonds. The molecule has 40 heavy (non-hydrogen) atoms. The van der Waals surface area contributed by atoms with Gasteiger partial charge in [0.1, 0.15) is 0 Å². The van der Waals surface area contributed by atoms with Gasteiger partial charge < -0.3 is 29.7 Å². The maximum Gasteiger partial charge on any atom is 0.416 e. The number of nitrogens with one attached hydrogen (secondary N) is 2. The fraction of sp³-hybridized carbons (Fsp3) is 0.333. The molecule has 1 aromatic heterocycles. The summed E-state index contributed by atoms with van der Waals surface area (Å²) in [4.78, 5) is 36.3. The Hall–Kier alpha value is -4.39. The standard InChI is InChI=1S/C27H28F3N5O5/c1-3-39-22-21(25(36)40-4-2)33-23(34-24(22)35-12-14-38-15-13-35)17-8-10-19(11-9-17)31-26(37)32-20-7-5-6-18(16-20)27(28,29)30/h5-11,16H,3-4,12-15H2,1-2H3,(H2,31,32,37). The highest BCUT2D eigenvalue weighted by Gasteiger charge is 2.30. The van der Waals surface area contributed by atoms with Crippen LogP contribution >= 0.6 is 0 Å². The Balaban J connectivity index is 1.58. The van der Waals surface area contributed by atoms with Crippen molar-refractivity contribution in [1.29, 1.82) is 0 Å². The highest BCUT2D eigenvalue weighted by atomic mass is 19.4. The minimum absolute atomic E-state index is 0.00198. The van der Waals surface area contributed by atoms with E-state index < -0.39 is 23.7 Å². The Morgan fingerprint density at radius 1 is 0.975 bits per heavy atom. The van der Waals surface area contributed by atoms with E-state index in [-0.39, 0.29) is 36.2 Å². The van der Waals surface area contributed by atoms with Gasteiger partial charge in [-0.1, -0.05) is 6.07 Å². The fourth-order valence-electron chi connectivity index (χ4n) is 3.94. The zero-order valence-electron chi connectivity index (χ0n) is 21.9. The number of rotatable bonds is 8. The van der Waals surface area contributed by atoms with Crippen molar-refractivity contribution < 1.29 is 37.0 Å². The normalized spacial score (nSPS) is 13.5. The van der Waals surface area contributed by atoms with Crippen molar-refractivity contribution in [3.8, 4) is 17.1 Å². The lowest BCUT2D eigenvalue weighted by Crippen LogP contribution is -2.37. The number of nitrogens with zero attached hydrogens (tertiary/aromatic N) is 3. The quantitative estimate of drug-likeness (QED) is 0.361. The summed E-state index contributed by atoms with van der Waals surface area (Å²) in [7, 11) is 0. The summed E-state index contributed by atoms with van der Waals surface area (Å²) in [5, 5.41) is 4.96. The van der Waals surface area contributed by atoms with Crippen LogP contribution in [0.3, 0.4) is 0 Å². The molecule has 1 aliphatic heterocycles. The van der Waals surface area contributed by atoms with Gasteiger partial charge in [0, 0.05) is 30.0 Å². The summed E-state index contributed by atoms with van der Waals surface area (Å²) in [6.07, 6.45) is -4.53. The average Bonchev–Trinajstić information content (AvgIpc) is 2.94. The second-order valence-electron chi connectivity index (χ2n) is 8.54. The van der Waals surface area contributed by atoms with Crippen LogP contribution in [0.2, 0.25) is 0 Å². The molecular formula is C27H28F3N5O5. The molecule has 1 aliphatic rings. The van der Waals surface area contributed by atoms with Crippen molar-refractivity contribution in [3.05, 3.63) is 59.8 Å². The van der Waals surface area contributed by atoms with E-state index in [2.05, 4.69) is 15.6 Å². The summed E-state index contributed by atoms with van der Waals surface area (Å²) in [5.41, 5.74) is 0.0421. The third kappa shape index (κ3) is 6.97. The second kappa shape index (κ2) is 12.6. The topological polar surface area (TPSA) is 115 Å². The van der Waals surface area contributed by atoms with Crippen LogP contribution < -0.4 is 20.3 Å². The van der Waals surface area contributed by atoms with Crippen molar-refractivity contribution >= 4 is 29.2 Å². The van der Waals surface area contributed by atoms with E-state index in [1.54, 1.807) is 38.1 Å². The number of urea groups is 1. The van der Waals surface area contributed by atoms with E-state index in [9.17, 15) is 22.8 Å². The molecular weight excluding hydrogens is 531 g/mol. The van der Waals surface area contributed by atoms with E-state index in [0.717, 1.165) is 12.1 Å². The molecule has 10 nitrogen and oxygen atoms in total. The Bertz CT molecular complexity index is 1350. The molecule has 2 aromatic carbocycles. The molecule has 0 saturated carbocycles. The molecule has 0 bridgehead atoms. The zero-order chi connectivity index (χ0) is 28.7. The number of morpholine rings is 1. The number of hydrogen-bond donors (Lipinski definition) is 2. The number of carbonyl (C=O) groups excluding carboxylic acids is 2. The highest BCUT2D eigenvalue weighted by molar-refractivity contribution is 6.00. The first-order chi connectivity index (χ1) is 19.2. The predicted octanol–water partition coefficient (Wildman–Crippen LogP) is 5.22. The SMILES string of the molecule is CCOC(=O)c1nc(-c2ccc(NC(=O)Nc3cccc(C(F)(F)F)c3)cc2)nc(N2CCOCC2)c1OCC. The van der Waals surface area contributed by atoms with Crippen molar-refractivity contribution in [1.82, 2.24) is 9.97 Å². The smallest absolute Gasteiger partial charge is 0.416 e. The van der Waals surface area contributed by atoms with Gasteiger partial charge in [-0.2, -0.15) is 13.2 Å². The second-order valence-corrected chi connectivity index (χ2v) is 8.54. The van der Waals surface area contributed by atoms with Gasteiger partial charge in [0.05, 0.1) is 32.0 Å². The highest BCUT2D eigenvalue weighted by Crippen LogP contribution is 2.34. The number of anilines is 3. The molecule has 0 unspecified atom stereocenters. The number of hydrogen-bond acceptors (Lipinski definition) is 8. The molecule has 0 spiro atoms. The largest absolute Gasteiger partial charge is 0.488 e. The number of carbonyl (C=O) groups is 2. The zero-order valence-corrected chi connectivity index (χ0v) is 21.9. The summed E-state index contributed by atoms with van der Waals surface area (Å²) < 4.78 is 55.3. The molecule has 1 fully saturated rings. The number of aromatic nitrogens is 2. The van der Waals surface area contributed by atoms with Gasteiger partial charge >= 0.3 is 18.2 Å². The first-order valence-electron chi connectivity index (χ1n) is 12.6. The number of alkyl halides is 3. The minimum atomic E-state index is -4.53. The number of halogens is 3. The van der Waals surface area contributed by atoms with Crippen LogP contribution in [-0.2, 0) is 15.7 Å². The van der Waals surface area contributed by atoms with E-state index in [4.69, 9.17) is 19.2 Å². The summed E-state index contributed by atoms with van der Waals surface area (Å²) in [6, 6.07) is 10.1. The molecule has 3 aromatic rings. The monoisotopic (exact) mass is 559 g/mol. The van der Waals surface area contributed by atoms with Crippen molar-refractivity contribution in [2.45, 2.75) is 20.0 Å². The van der Waals surface area contributed by atoms with Gasteiger partial charge in [-0.05, 0) is 56.3 Å². The number of amides is 2. The van der Waals surface area contributed by atoms with E-state index in [0.29, 0.717) is 43.4 Å². The minimum Gasteiger partial charge on any atom is -0.488 e. The number of esters is 1. The molecule has 0 atom stereocenters. The molecule has 4 rings (SSSR count). The van der Waals surface area contributed by atoms with Gasteiger partial charge in [0.25, 0.3) is 0 Å². The first kappa shape index (κ1) is 28.6. The van der Waals surface area contributed by atoms with Crippen LogP contribution in [0.1, 0.15) is 29.9 Å². The van der Waals surface area contributed by atoms with Crippen molar-refractivity contribution in [3.63, 3.8) is 0 Å². The maximum absolute atomic E-state index is 12.9. The van der Waals surface area contributed by atoms with Crippen LogP contribution in [0.4, 0.5) is 35.2 Å². The van der Waals surface area contributed by atoms with Crippen LogP contribution in [0, 0.1) is 0 Å². The Morgan fingerprint density at radius 3 is 2.33 bits per heavy atom. The molecule has 2 N–H and O–H groups in total. The molecule has 212 valence electrons. The van der Waals surface area contributed by atoms with Crippen molar-refractivity contribution in [2.75, 3.05) is 55.1 Å². The Morgan fingerprint density at radius 2 is 1.68 bits per heavy atom. The van der Waals surface area contributed by atoms with E-state index in [1.807, 2.05) is 4.90 Å². The maximum atomic E-state index is 12.9. The summed E-state index contributed by atoms with van der Waals surface area (Å²) in [6.45, 7) is 5.99. The van der Waals surface area contributed by atoms with Gasteiger partial charge in [-0.25, -0.2) is 19.6 Å². The van der Waals surface area contributed by atoms with Crippen LogP contribution in [0.25, 0.3) is 11.4 Å².